The maximum atomic E-state index is 13.5. The zero-order chi connectivity index (χ0) is 15.8. The van der Waals surface area contributed by atoms with Gasteiger partial charge >= 0.3 is 22.4 Å². The molecular formula is C18H32AgFO2. The van der Waals surface area contributed by atoms with E-state index < -0.39 is 5.97 Å². The van der Waals surface area contributed by atoms with Gasteiger partial charge in [0.15, 0.2) is 0 Å². The first kappa shape index (κ1) is 24.1. The molecule has 0 fully saturated rings. The van der Waals surface area contributed by atoms with E-state index in [0.717, 1.165) is 38.5 Å². The van der Waals surface area contributed by atoms with Crippen molar-refractivity contribution >= 4 is 5.97 Å². The second-order valence-electron chi connectivity index (χ2n) is 5.85. The van der Waals surface area contributed by atoms with Crippen LogP contribution in [0.3, 0.4) is 0 Å². The molecule has 0 radical (unpaired) electrons. The van der Waals surface area contributed by atoms with Crippen molar-refractivity contribution in [3.05, 3.63) is 11.9 Å². The minimum atomic E-state index is -0.973. The molecule has 0 heterocycles. The van der Waals surface area contributed by atoms with E-state index in [1.54, 1.807) is 6.08 Å². The maximum absolute atomic E-state index is 13.5. The van der Waals surface area contributed by atoms with Crippen molar-refractivity contribution in [2.24, 2.45) is 0 Å². The molecule has 0 aliphatic heterocycles. The Morgan fingerprint density at radius 3 is 1.95 bits per heavy atom. The summed E-state index contributed by atoms with van der Waals surface area (Å²) in [5.41, 5.74) is 0. The van der Waals surface area contributed by atoms with Gasteiger partial charge in [-0.1, -0.05) is 64.4 Å². The summed E-state index contributed by atoms with van der Waals surface area (Å²) in [5, 5.41) is 10.2. The zero-order valence-corrected chi connectivity index (χ0v) is 15.5. The van der Waals surface area contributed by atoms with E-state index in [0.29, 0.717) is 12.8 Å². The molecule has 0 unspecified atom stereocenters. The van der Waals surface area contributed by atoms with Gasteiger partial charge in [0.2, 0.25) is 0 Å². The van der Waals surface area contributed by atoms with E-state index in [-0.39, 0.29) is 34.6 Å². The summed E-state index contributed by atoms with van der Waals surface area (Å²) in [5.74, 6) is -0.947. The van der Waals surface area contributed by atoms with Gasteiger partial charge in [-0.25, -0.2) is 4.39 Å². The van der Waals surface area contributed by atoms with E-state index in [2.05, 4.69) is 6.92 Å². The van der Waals surface area contributed by atoms with Crippen molar-refractivity contribution in [2.45, 2.75) is 96.8 Å². The number of allylic oxidation sites excluding steroid dienone is 2. The van der Waals surface area contributed by atoms with Gasteiger partial charge in [-0.3, -0.25) is 0 Å². The Morgan fingerprint density at radius 1 is 0.864 bits per heavy atom. The summed E-state index contributed by atoms with van der Waals surface area (Å²) in [6, 6.07) is 0. The molecule has 0 rings (SSSR count). The molecule has 0 aromatic heterocycles. The van der Waals surface area contributed by atoms with Gasteiger partial charge < -0.3 is 9.90 Å². The van der Waals surface area contributed by atoms with Crippen molar-refractivity contribution in [1.82, 2.24) is 0 Å². The van der Waals surface area contributed by atoms with E-state index in [1.807, 2.05) is 0 Å². The van der Waals surface area contributed by atoms with E-state index >= 15 is 0 Å². The minimum absolute atomic E-state index is 0. The van der Waals surface area contributed by atoms with Crippen LogP contribution >= 0.6 is 0 Å². The van der Waals surface area contributed by atoms with Crippen LogP contribution in [0.25, 0.3) is 0 Å². The average molecular weight is 407 g/mol. The molecule has 0 bridgehead atoms. The quantitative estimate of drug-likeness (QED) is 0.281. The molecule has 0 N–H and O–H groups in total. The molecule has 0 aliphatic rings. The number of hydrogen-bond donors (Lipinski definition) is 0. The molecule has 0 atom stereocenters. The summed E-state index contributed by atoms with van der Waals surface area (Å²) < 4.78 is 13.5. The van der Waals surface area contributed by atoms with Gasteiger partial charge in [0.1, 0.15) is 0 Å². The third-order valence-electron chi connectivity index (χ3n) is 3.72. The Bertz CT molecular complexity index is 280. The SMILES string of the molecule is CCCCCCCC/C=C(/F)CCCCCCCC(=O)[O-].[Ag+]. The van der Waals surface area contributed by atoms with Crippen molar-refractivity contribution in [2.75, 3.05) is 0 Å². The molecule has 0 spiro atoms. The second kappa shape index (κ2) is 18.9. The zero-order valence-electron chi connectivity index (χ0n) is 14.0. The van der Waals surface area contributed by atoms with Crippen LogP contribution in [0.1, 0.15) is 96.8 Å². The van der Waals surface area contributed by atoms with E-state index in [1.165, 1.54) is 32.1 Å². The molecule has 0 aromatic rings. The minimum Gasteiger partial charge on any atom is -0.550 e. The molecule has 0 saturated heterocycles. The molecule has 4 heteroatoms. The first-order valence-electron chi connectivity index (χ1n) is 8.71. The number of unbranched alkanes of at least 4 members (excludes halogenated alkanes) is 10. The predicted molar refractivity (Wildman–Crippen MR) is 84.5 cm³/mol. The van der Waals surface area contributed by atoms with Crippen LogP contribution in [0.5, 0.6) is 0 Å². The first-order valence-corrected chi connectivity index (χ1v) is 8.71. The molecule has 22 heavy (non-hydrogen) atoms. The fourth-order valence-electron chi connectivity index (χ4n) is 2.38. The number of hydrogen-bond acceptors (Lipinski definition) is 2. The average Bonchev–Trinajstić information content (AvgIpc) is 2.45. The van der Waals surface area contributed by atoms with E-state index in [9.17, 15) is 14.3 Å². The molecule has 0 aromatic carbocycles. The summed E-state index contributed by atoms with van der Waals surface area (Å²) >= 11 is 0. The number of carboxylic acid groups (broad SMARTS) is 1. The van der Waals surface area contributed by atoms with Crippen molar-refractivity contribution in [1.29, 1.82) is 0 Å². The fourth-order valence-corrected chi connectivity index (χ4v) is 2.38. The monoisotopic (exact) mass is 406 g/mol. The first-order chi connectivity index (χ1) is 10.2. The normalized spacial score (nSPS) is 11.3. The number of carboxylic acids is 1. The van der Waals surface area contributed by atoms with Gasteiger partial charge in [-0.15, -0.1) is 0 Å². The van der Waals surface area contributed by atoms with Crippen LogP contribution in [0.4, 0.5) is 4.39 Å². The number of halogens is 1. The van der Waals surface area contributed by atoms with Gasteiger partial charge in [-0.05, 0) is 38.5 Å². The smallest absolute Gasteiger partial charge is 0.550 e. The number of aliphatic carboxylic acids is 1. The Morgan fingerprint density at radius 2 is 1.36 bits per heavy atom. The Balaban J connectivity index is 0. The van der Waals surface area contributed by atoms with Crippen molar-refractivity contribution < 1.29 is 36.7 Å². The Kier molecular flexibility index (Phi) is 20.8. The third kappa shape index (κ3) is 19.9. The summed E-state index contributed by atoms with van der Waals surface area (Å²) in [4.78, 5) is 10.2. The van der Waals surface area contributed by atoms with Crippen LogP contribution < -0.4 is 5.11 Å². The number of rotatable bonds is 15. The Hall–Kier alpha value is -0.120. The molecule has 0 saturated carbocycles. The second-order valence-corrected chi connectivity index (χ2v) is 5.85. The van der Waals surface area contributed by atoms with Gasteiger partial charge in [-0.2, -0.15) is 0 Å². The molecule has 0 aliphatic carbocycles. The van der Waals surface area contributed by atoms with Crippen LogP contribution in [-0.4, -0.2) is 5.97 Å². The van der Waals surface area contributed by atoms with Gasteiger partial charge in [0.25, 0.3) is 0 Å². The predicted octanol–water partition coefficient (Wildman–Crippen LogP) is 5.07. The maximum Gasteiger partial charge on any atom is 1.00 e. The molecule has 134 valence electrons. The largest absolute Gasteiger partial charge is 1.00 e. The summed E-state index contributed by atoms with van der Waals surface area (Å²) in [6.07, 6.45) is 15.2. The molecule has 2 nitrogen and oxygen atoms in total. The number of carbonyl (C=O) groups excluding carboxylic acids is 1. The molecule has 0 amide bonds. The summed E-state index contributed by atoms with van der Waals surface area (Å²) in [6.45, 7) is 2.21. The van der Waals surface area contributed by atoms with E-state index in [4.69, 9.17) is 0 Å². The standard InChI is InChI=1S/C18H33FO2.Ag/c1-2-3-4-5-6-8-11-14-17(19)15-12-9-7-10-13-16-18(20)21;/h14H,2-13,15-16H2,1H3,(H,20,21);/q;+1/p-1/b17-14+;. The topological polar surface area (TPSA) is 40.1 Å². The van der Waals surface area contributed by atoms with Crippen molar-refractivity contribution in [3.8, 4) is 0 Å². The number of carbonyl (C=O) groups is 1. The summed E-state index contributed by atoms with van der Waals surface area (Å²) in [7, 11) is 0. The van der Waals surface area contributed by atoms with Crippen LogP contribution in [0.2, 0.25) is 0 Å². The van der Waals surface area contributed by atoms with Crippen molar-refractivity contribution in [3.63, 3.8) is 0 Å². The van der Waals surface area contributed by atoms with Gasteiger partial charge in [0, 0.05) is 5.97 Å². The van der Waals surface area contributed by atoms with Crippen LogP contribution in [0, 0.1) is 0 Å². The molecular weight excluding hydrogens is 375 g/mol. The van der Waals surface area contributed by atoms with Gasteiger partial charge in [0.05, 0.1) is 5.83 Å². The third-order valence-corrected chi connectivity index (χ3v) is 3.72. The van der Waals surface area contributed by atoms with Crippen LogP contribution in [-0.2, 0) is 27.2 Å². The van der Waals surface area contributed by atoms with Crippen LogP contribution in [0.15, 0.2) is 11.9 Å². The fraction of sp³-hybridized carbons (Fsp3) is 0.833. The Labute approximate surface area is 151 Å².